The van der Waals surface area contributed by atoms with Crippen LogP contribution in [0.2, 0.25) is 0 Å². The number of fused-ring (bicyclic) bond motifs is 1. The van der Waals surface area contributed by atoms with E-state index >= 15 is 0 Å². The highest BCUT2D eigenvalue weighted by Gasteiger charge is 2.29. The van der Waals surface area contributed by atoms with Gasteiger partial charge in [0.05, 0.1) is 0 Å². The van der Waals surface area contributed by atoms with Gasteiger partial charge in [0.15, 0.2) is 0 Å². The normalized spacial score (nSPS) is 22.5. The Balaban J connectivity index is 2.12. The Morgan fingerprint density at radius 3 is 2.68 bits per heavy atom. The summed E-state index contributed by atoms with van der Waals surface area (Å²) in [6.07, 6.45) is 7.28. The zero-order chi connectivity index (χ0) is 13.6. The van der Waals surface area contributed by atoms with Crippen molar-refractivity contribution in [2.24, 2.45) is 12.5 Å². The molecular weight excluding hydrogens is 230 g/mol. The highest BCUT2D eigenvalue weighted by molar-refractivity contribution is 5.84. The van der Waals surface area contributed by atoms with E-state index in [1.807, 2.05) is 0 Å². The summed E-state index contributed by atoms with van der Waals surface area (Å²) in [6.45, 7) is 7.06. The van der Waals surface area contributed by atoms with E-state index in [-0.39, 0.29) is 0 Å². The van der Waals surface area contributed by atoms with Crippen LogP contribution in [0.25, 0.3) is 10.9 Å². The van der Waals surface area contributed by atoms with Gasteiger partial charge in [0.2, 0.25) is 0 Å². The van der Waals surface area contributed by atoms with Crippen LogP contribution in [0, 0.1) is 5.41 Å². The minimum atomic E-state index is 0.417. The number of para-hydroxylation sites is 1. The predicted molar refractivity (Wildman–Crippen MR) is 82.4 cm³/mol. The fraction of sp³-hybridized carbons (Fsp3) is 0.444. The van der Waals surface area contributed by atoms with Crippen LogP contribution in [-0.4, -0.2) is 4.57 Å². The lowest BCUT2D eigenvalue weighted by Gasteiger charge is -2.33. The maximum atomic E-state index is 2.48. The third kappa shape index (κ3) is 2.22. The Bertz CT molecular complexity index is 643. The molecule has 0 N–H and O–H groups in total. The molecule has 3 rings (SSSR count). The van der Waals surface area contributed by atoms with Gasteiger partial charge < -0.3 is 4.57 Å². The van der Waals surface area contributed by atoms with Gasteiger partial charge in [0.1, 0.15) is 0 Å². The second-order valence-corrected chi connectivity index (χ2v) is 6.88. The molecule has 1 heterocycles. The van der Waals surface area contributed by atoms with Gasteiger partial charge in [-0.2, -0.15) is 0 Å². The topological polar surface area (TPSA) is 4.93 Å². The second kappa shape index (κ2) is 4.26. The van der Waals surface area contributed by atoms with Gasteiger partial charge in [0.25, 0.3) is 0 Å². The van der Waals surface area contributed by atoms with E-state index in [0.29, 0.717) is 11.3 Å². The minimum Gasteiger partial charge on any atom is -0.350 e. The highest BCUT2D eigenvalue weighted by atomic mass is 14.9. The maximum Gasteiger partial charge on any atom is 0.0480 e. The van der Waals surface area contributed by atoms with Gasteiger partial charge in [-0.25, -0.2) is 0 Å². The van der Waals surface area contributed by atoms with Crippen molar-refractivity contribution in [3.8, 4) is 0 Å². The van der Waals surface area contributed by atoms with E-state index in [4.69, 9.17) is 0 Å². The molecule has 1 unspecified atom stereocenters. The number of rotatable bonds is 1. The lowest BCUT2D eigenvalue weighted by atomic mass is 9.71. The van der Waals surface area contributed by atoms with Crippen LogP contribution in [-0.2, 0) is 7.05 Å². The molecule has 0 amide bonds. The molecule has 1 aromatic carbocycles. The Labute approximate surface area is 115 Å². The van der Waals surface area contributed by atoms with Crippen molar-refractivity contribution >= 4 is 10.9 Å². The summed E-state index contributed by atoms with van der Waals surface area (Å²) < 4.78 is 2.26. The average Bonchev–Trinajstić information content (AvgIpc) is 2.65. The third-order valence-electron chi connectivity index (χ3n) is 4.34. The maximum absolute atomic E-state index is 2.48. The van der Waals surface area contributed by atoms with Crippen LogP contribution in [0.3, 0.4) is 0 Å². The molecule has 0 saturated heterocycles. The second-order valence-electron chi connectivity index (χ2n) is 6.88. The number of aryl methyl sites for hydroxylation is 1. The zero-order valence-corrected chi connectivity index (χ0v) is 12.4. The molecule has 0 bridgehead atoms. The number of benzene rings is 1. The first kappa shape index (κ1) is 12.5. The van der Waals surface area contributed by atoms with Gasteiger partial charge in [-0.1, -0.05) is 43.7 Å². The Morgan fingerprint density at radius 2 is 1.95 bits per heavy atom. The van der Waals surface area contributed by atoms with Crippen molar-refractivity contribution in [3.63, 3.8) is 0 Å². The van der Waals surface area contributed by atoms with Crippen LogP contribution in [0.1, 0.15) is 45.1 Å². The van der Waals surface area contributed by atoms with Crippen molar-refractivity contribution in [2.75, 3.05) is 0 Å². The molecular formula is C18H23N. The van der Waals surface area contributed by atoms with Crippen LogP contribution >= 0.6 is 0 Å². The van der Waals surface area contributed by atoms with Crippen molar-refractivity contribution in [1.29, 1.82) is 0 Å². The smallest absolute Gasteiger partial charge is 0.0480 e. The lowest BCUT2D eigenvalue weighted by Crippen LogP contribution is -2.20. The van der Waals surface area contributed by atoms with E-state index in [2.05, 4.69) is 68.9 Å². The van der Waals surface area contributed by atoms with Crippen molar-refractivity contribution < 1.29 is 0 Å². The molecule has 1 aliphatic rings. The molecule has 0 fully saturated rings. The van der Waals surface area contributed by atoms with E-state index in [1.165, 1.54) is 34.9 Å². The molecule has 2 aromatic rings. The number of allylic oxidation sites excluding steroid dienone is 2. The molecule has 1 atom stereocenters. The standard InChI is InChI=1S/C18H23N/c1-13-9-14(11-18(2,3)10-13)16-12-19(4)17-8-6-5-7-15(16)17/h5-9,12,14H,10-11H2,1-4H3. The number of aromatic nitrogens is 1. The number of nitrogens with zero attached hydrogens (tertiary/aromatic N) is 1. The summed E-state index contributed by atoms with van der Waals surface area (Å²) in [5, 5.41) is 1.41. The van der Waals surface area contributed by atoms with Gasteiger partial charge in [0, 0.05) is 30.1 Å². The molecule has 100 valence electrons. The lowest BCUT2D eigenvalue weighted by molar-refractivity contribution is 0.302. The van der Waals surface area contributed by atoms with Crippen molar-refractivity contribution in [2.45, 2.75) is 39.5 Å². The van der Waals surface area contributed by atoms with Gasteiger partial charge in [-0.05, 0) is 36.8 Å². The third-order valence-corrected chi connectivity index (χ3v) is 4.34. The van der Waals surface area contributed by atoms with Crippen LogP contribution in [0.4, 0.5) is 0 Å². The Hall–Kier alpha value is -1.50. The minimum absolute atomic E-state index is 0.417. The fourth-order valence-corrected chi connectivity index (χ4v) is 3.75. The number of hydrogen-bond donors (Lipinski definition) is 0. The number of hydrogen-bond acceptors (Lipinski definition) is 0. The molecule has 0 spiro atoms. The first-order chi connectivity index (χ1) is 8.96. The summed E-state index contributed by atoms with van der Waals surface area (Å²) in [7, 11) is 2.15. The van der Waals surface area contributed by atoms with E-state index < -0.39 is 0 Å². The van der Waals surface area contributed by atoms with E-state index in [0.717, 1.165) is 0 Å². The molecule has 0 saturated carbocycles. The summed E-state index contributed by atoms with van der Waals surface area (Å²) in [5.41, 5.74) is 4.78. The Morgan fingerprint density at radius 1 is 1.21 bits per heavy atom. The summed E-state index contributed by atoms with van der Waals surface area (Å²) >= 11 is 0. The Kier molecular flexibility index (Phi) is 2.81. The van der Waals surface area contributed by atoms with Crippen LogP contribution in [0.15, 0.2) is 42.1 Å². The molecule has 1 aromatic heterocycles. The quantitative estimate of drug-likeness (QED) is 0.628. The predicted octanol–water partition coefficient (Wildman–Crippen LogP) is 5.03. The average molecular weight is 253 g/mol. The molecule has 1 nitrogen and oxygen atoms in total. The largest absolute Gasteiger partial charge is 0.350 e. The van der Waals surface area contributed by atoms with Crippen LogP contribution < -0.4 is 0 Å². The van der Waals surface area contributed by atoms with Crippen LogP contribution in [0.5, 0.6) is 0 Å². The molecule has 1 heteroatoms. The molecule has 0 aliphatic heterocycles. The SMILES string of the molecule is CC1=CC(c2cn(C)c3ccccc23)CC(C)(C)C1. The molecule has 0 radical (unpaired) electrons. The van der Waals surface area contributed by atoms with E-state index in [9.17, 15) is 0 Å². The van der Waals surface area contributed by atoms with Gasteiger partial charge in [-0.15, -0.1) is 0 Å². The first-order valence-electron chi connectivity index (χ1n) is 7.17. The summed E-state index contributed by atoms with van der Waals surface area (Å²) in [4.78, 5) is 0. The van der Waals surface area contributed by atoms with Gasteiger partial charge >= 0.3 is 0 Å². The van der Waals surface area contributed by atoms with Gasteiger partial charge in [-0.3, -0.25) is 0 Å². The first-order valence-corrected chi connectivity index (χ1v) is 7.17. The summed E-state index contributed by atoms with van der Waals surface area (Å²) in [5.74, 6) is 0.565. The summed E-state index contributed by atoms with van der Waals surface area (Å²) in [6, 6.07) is 8.74. The van der Waals surface area contributed by atoms with E-state index in [1.54, 1.807) is 0 Å². The zero-order valence-electron chi connectivity index (χ0n) is 12.4. The monoisotopic (exact) mass is 253 g/mol. The fourth-order valence-electron chi connectivity index (χ4n) is 3.75. The molecule has 1 aliphatic carbocycles. The molecule has 19 heavy (non-hydrogen) atoms. The van der Waals surface area contributed by atoms with Crippen molar-refractivity contribution in [1.82, 2.24) is 4.57 Å². The highest BCUT2D eigenvalue weighted by Crippen LogP contribution is 2.44. The van der Waals surface area contributed by atoms with Crippen molar-refractivity contribution in [3.05, 3.63) is 47.7 Å².